The van der Waals surface area contributed by atoms with E-state index in [2.05, 4.69) is 12.2 Å². The van der Waals surface area contributed by atoms with Gasteiger partial charge >= 0.3 is 0 Å². The highest BCUT2D eigenvalue weighted by atomic mass is 16.6. The third-order valence-corrected chi connectivity index (χ3v) is 3.64. The molecule has 1 aliphatic rings. The number of ether oxygens (including phenoxy) is 2. The van der Waals surface area contributed by atoms with Gasteiger partial charge in [0.05, 0.1) is 0 Å². The monoisotopic (exact) mass is 292 g/mol. The molecule has 0 bridgehead atoms. The van der Waals surface area contributed by atoms with E-state index >= 15 is 0 Å². The van der Waals surface area contributed by atoms with E-state index in [1.807, 2.05) is 24.3 Å². The van der Waals surface area contributed by atoms with Crippen molar-refractivity contribution in [3.8, 4) is 11.5 Å². The van der Waals surface area contributed by atoms with Crippen LogP contribution in [0.5, 0.6) is 11.5 Å². The van der Waals surface area contributed by atoms with Crippen LogP contribution in [0.25, 0.3) is 0 Å². The fourth-order valence-electron chi connectivity index (χ4n) is 2.50. The molecule has 2 rings (SSSR count). The molecule has 0 aromatic heterocycles. The lowest BCUT2D eigenvalue weighted by Crippen LogP contribution is -2.45. The predicted molar refractivity (Wildman–Crippen MR) is 81.4 cm³/mol. The second-order valence-corrected chi connectivity index (χ2v) is 5.34. The van der Waals surface area contributed by atoms with Gasteiger partial charge in [0, 0.05) is 6.54 Å². The average molecular weight is 292 g/mol. The molecule has 0 aliphatic carbocycles. The maximum atomic E-state index is 12.2. The van der Waals surface area contributed by atoms with E-state index in [-0.39, 0.29) is 12.5 Å². The number of nitrogens with one attached hydrogen (secondary N) is 1. The molecular formula is C16H24N2O3. The van der Waals surface area contributed by atoms with Gasteiger partial charge in [-0.1, -0.05) is 25.5 Å². The third-order valence-electron chi connectivity index (χ3n) is 3.64. The van der Waals surface area contributed by atoms with E-state index in [1.54, 1.807) is 0 Å². The maximum Gasteiger partial charge on any atom is 0.264 e. The molecule has 0 saturated carbocycles. The van der Waals surface area contributed by atoms with E-state index in [0.717, 1.165) is 19.3 Å². The SMILES string of the molecule is CCCC(CCN)CNC(=O)C1COc2ccccc2O1. The van der Waals surface area contributed by atoms with Crippen molar-refractivity contribution in [2.45, 2.75) is 32.3 Å². The summed E-state index contributed by atoms with van der Waals surface area (Å²) in [6, 6.07) is 7.39. The zero-order valence-electron chi connectivity index (χ0n) is 12.5. The molecule has 1 aromatic carbocycles. The molecular weight excluding hydrogens is 268 g/mol. The van der Waals surface area contributed by atoms with Gasteiger partial charge in [-0.15, -0.1) is 0 Å². The Kier molecular flexibility index (Phi) is 5.87. The average Bonchev–Trinajstić information content (AvgIpc) is 2.52. The molecule has 0 spiro atoms. The minimum Gasteiger partial charge on any atom is -0.485 e. The number of carbonyl (C=O) groups excluding carboxylic acids is 1. The van der Waals surface area contributed by atoms with Crippen molar-refractivity contribution in [2.24, 2.45) is 11.7 Å². The number of para-hydroxylation sites is 2. The van der Waals surface area contributed by atoms with Crippen molar-refractivity contribution in [1.29, 1.82) is 0 Å². The number of hydrogen-bond acceptors (Lipinski definition) is 4. The van der Waals surface area contributed by atoms with Gasteiger partial charge in [0.15, 0.2) is 11.5 Å². The molecule has 2 unspecified atom stereocenters. The second-order valence-electron chi connectivity index (χ2n) is 5.34. The molecule has 1 amide bonds. The molecule has 116 valence electrons. The predicted octanol–water partition coefficient (Wildman–Crippen LogP) is 1.71. The van der Waals surface area contributed by atoms with E-state index in [0.29, 0.717) is 30.5 Å². The standard InChI is InChI=1S/C16H24N2O3/c1-2-5-12(8-9-17)10-18-16(19)15-11-20-13-6-3-4-7-14(13)21-15/h3-4,6-7,12,15H,2,5,8-11,17H2,1H3,(H,18,19). The van der Waals surface area contributed by atoms with Gasteiger partial charge in [-0.25, -0.2) is 0 Å². The van der Waals surface area contributed by atoms with Crippen LogP contribution in [0.1, 0.15) is 26.2 Å². The fourth-order valence-corrected chi connectivity index (χ4v) is 2.50. The molecule has 1 heterocycles. The van der Waals surface area contributed by atoms with Crippen LogP contribution in [0.15, 0.2) is 24.3 Å². The summed E-state index contributed by atoms with van der Waals surface area (Å²) < 4.78 is 11.2. The first-order valence-electron chi connectivity index (χ1n) is 7.60. The highest BCUT2D eigenvalue weighted by Gasteiger charge is 2.27. The number of amides is 1. The summed E-state index contributed by atoms with van der Waals surface area (Å²) >= 11 is 0. The highest BCUT2D eigenvalue weighted by Crippen LogP contribution is 2.30. The Morgan fingerprint density at radius 2 is 2.14 bits per heavy atom. The molecule has 3 N–H and O–H groups in total. The Hall–Kier alpha value is -1.75. The number of hydrogen-bond donors (Lipinski definition) is 2. The van der Waals surface area contributed by atoms with Gasteiger partial charge in [-0.3, -0.25) is 4.79 Å². The zero-order chi connectivity index (χ0) is 15.1. The Morgan fingerprint density at radius 1 is 1.38 bits per heavy atom. The first-order valence-corrected chi connectivity index (χ1v) is 7.60. The summed E-state index contributed by atoms with van der Waals surface area (Å²) in [5, 5.41) is 2.95. The minimum absolute atomic E-state index is 0.123. The van der Waals surface area contributed by atoms with Crippen molar-refractivity contribution in [1.82, 2.24) is 5.32 Å². The summed E-state index contributed by atoms with van der Waals surface area (Å²) in [5.74, 6) is 1.62. The maximum absolute atomic E-state index is 12.2. The molecule has 0 radical (unpaired) electrons. The Labute approximate surface area is 125 Å². The van der Waals surface area contributed by atoms with E-state index in [4.69, 9.17) is 15.2 Å². The molecule has 0 fully saturated rings. The number of carbonyl (C=O) groups is 1. The third kappa shape index (κ3) is 4.36. The normalized spacial score (nSPS) is 18.1. The molecule has 5 heteroatoms. The molecule has 0 saturated heterocycles. The van der Waals surface area contributed by atoms with Gasteiger partial charge in [-0.05, 0) is 37.4 Å². The minimum atomic E-state index is -0.583. The largest absolute Gasteiger partial charge is 0.485 e. The van der Waals surface area contributed by atoms with Crippen molar-refractivity contribution < 1.29 is 14.3 Å². The zero-order valence-corrected chi connectivity index (χ0v) is 12.5. The van der Waals surface area contributed by atoms with E-state index < -0.39 is 6.10 Å². The van der Waals surface area contributed by atoms with Gasteiger partial charge in [0.2, 0.25) is 6.10 Å². The number of nitrogens with two attached hydrogens (primary N) is 1. The molecule has 1 aromatic rings. The van der Waals surface area contributed by atoms with Crippen molar-refractivity contribution in [2.75, 3.05) is 19.7 Å². The highest BCUT2D eigenvalue weighted by molar-refractivity contribution is 5.81. The van der Waals surface area contributed by atoms with E-state index in [9.17, 15) is 4.79 Å². The number of benzene rings is 1. The summed E-state index contributed by atoms with van der Waals surface area (Å²) in [6.45, 7) is 3.68. The lowest BCUT2D eigenvalue weighted by atomic mass is 10.00. The van der Waals surface area contributed by atoms with Crippen LogP contribution in [-0.2, 0) is 4.79 Å². The van der Waals surface area contributed by atoms with Crippen LogP contribution in [0.3, 0.4) is 0 Å². The summed E-state index contributed by atoms with van der Waals surface area (Å²) in [4.78, 5) is 12.2. The van der Waals surface area contributed by atoms with Gasteiger partial charge in [-0.2, -0.15) is 0 Å². The van der Waals surface area contributed by atoms with Crippen LogP contribution in [-0.4, -0.2) is 31.7 Å². The van der Waals surface area contributed by atoms with Crippen LogP contribution in [0, 0.1) is 5.92 Å². The molecule has 5 nitrogen and oxygen atoms in total. The fraction of sp³-hybridized carbons (Fsp3) is 0.562. The molecule has 2 atom stereocenters. The number of fused-ring (bicyclic) bond motifs is 1. The van der Waals surface area contributed by atoms with Crippen LogP contribution < -0.4 is 20.5 Å². The summed E-state index contributed by atoms with van der Waals surface area (Å²) in [7, 11) is 0. The number of rotatable bonds is 7. The van der Waals surface area contributed by atoms with Crippen molar-refractivity contribution in [3.05, 3.63) is 24.3 Å². The first-order chi connectivity index (χ1) is 10.2. The summed E-state index contributed by atoms with van der Waals surface area (Å²) in [5.41, 5.74) is 5.60. The molecule has 21 heavy (non-hydrogen) atoms. The van der Waals surface area contributed by atoms with E-state index in [1.165, 1.54) is 0 Å². The molecule has 1 aliphatic heterocycles. The Bertz CT molecular complexity index is 459. The Morgan fingerprint density at radius 3 is 2.86 bits per heavy atom. The van der Waals surface area contributed by atoms with Gasteiger partial charge < -0.3 is 20.5 Å². The van der Waals surface area contributed by atoms with Gasteiger partial charge in [0.1, 0.15) is 6.61 Å². The second kappa shape index (κ2) is 7.88. The lowest BCUT2D eigenvalue weighted by molar-refractivity contribution is -0.130. The van der Waals surface area contributed by atoms with Gasteiger partial charge in [0.25, 0.3) is 5.91 Å². The van der Waals surface area contributed by atoms with Crippen LogP contribution >= 0.6 is 0 Å². The van der Waals surface area contributed by atoms with Crippen LogP contribution in [0.2, 0.25) is 0 Å². The first kappa shape index (κ1) is 15.6. The van der Waals surface area contributed by atoms with Crippen molar-refractivity contribution in [3.63, 3.8) is 0 Å². The summed E-state index contributed by atoms with van der Waals surface area (Å²) in [6.07, 6.45) is 2.51. The van der Waals surface area contributed by atoms with Crippen LogP contribution in [0.4, 0.5) is 0 Å². The Balaban J connectivity index is 1.84. The quantitative estimate of drug-likeness (QED) is 0.802. The topological polar surface area (TPSA) is 73.6 Å². The van der Waals surface area contributed by atoms with Crippen molar-refractivity contribution >= 4 is 5.91 Å². The lowest BCUT2D eigenvalue weighted by Gasteiger charge is -2.26. The smallest absolute Gasteiger partial charge is 0.264 e.